The monoisotopic (exact) mass is 407 g/mol. The number of hydrogen-bond acceptors (Lipinski definition) is 6. The van der Waals surface area contributed by atoms with Gasteiger partial charge in [0.1, 0.15) is 4.83 Å². The first-order valence-electron chi connectivity index (χ1n) is 7.56. The molecule has 0 aliphatic rings. The number of hydrogen-bond donors (Lipinski definition) is 0. The molecule has 0 fully saturated rings. The number of aryl methyl sites for hydroxylation is 2. The molecule has 0 spiro atoms. The van der Waals surface area contributed by atoms with Crippen LogP contribution >= 0.6 is 34.7 Å². The van der Waals surface area contributed by atoms with Crippen LogP contribution in [0.3, 0.4) is 0 Å². The molecular formula is C17H14ClN3O3S2. The Labute approximate surface area is 162 Å². The van der Waals surface area contributed by atoms with Crippen molar-refractivity contribution in [2.75, 3.05) is 0 Å². The molecule has 6 nitrogen and oxygen atoms in total. The maximum atomic E-state index is 13.0. The molecule has 0 amide bonds. The van der Waals surface area contributed by atoms with Gasteiger partial charge >= 0.3 is 0 Å². The maximum absolute atomic E-state index is 13.0. The summed E-state index contributed by atoms with van der Waals surface area (Å²) in [5.41, 5.74) is 0.616. The minimum Gasteiger partial charge on any atom is -0.283 e. The highest BCUT2D eigenvalue weighted by Gasteiger charge is 2.21. The van der Waals surface area contributed by atoms with E-state index >= 15 is 0 Å². The van der Waals surface area contributed by atoms with Crippen molar-refractivity contribution in [1.29, 1.82) is 0 Å². The van der Waals surface area contributed by atoms with Crippen LogP contribution in [0.25, 0.3) is 10.2 Å². The smallest absolute Gasteiger partial charge is 0.283 e. The van der Waals surface area contributed by atoms with Crippen LogP contribution in [0.2, 0.25) is 5.02 Å². The highest BCUT2D eigenvalue weighted by molar-refractivity contribution is 7.99. The molecule has 3 rings (SSSR count). The van der Waals surface area contributed by atoms with E-state index in [0.717, 1.165) is 22.2 Å². The summed E-state index contributed by atoms with van der Waals surface area (Å²) in [7, 11) is 0. The number of halogens is 1. The Morgan fingerprint density at radius 2 is 2.19 bits per heavy atom. The van der Waals surface area contributed by atoms with E-state index in [0.29, 0.717) is 20.3 Å². The molecule has 3 aromatic rings. The van der Waals surface area contributed by atoms with Crippen LogP contribution < -0.4 is 5.56 Å². The van der Waals surface area contributed by atoms with Gasteiger partial charge in [-0.3, -0.25) is 19.5 Å². The zero-order chi connectivity index (χ0) is 19.0. The van der Waals surface area contributed by atoms with Crippen LogP contribution in [-0.2, 0) is 6.54 Å². The summed E-state index contributed by atoms with van der Waals surface area (Å²) in [5.74, 6) is 0. The van der Waals surface area contributed by atoms with Crippen molar-refractivity contribution in [3.63, 3.8) is 0 Å². The molecule has 2 heterocycles. The molecule has 0 unspecified atom stereocenters. The lowest BCUT2D eigenvalue weighted by Crippen LogP contribution is -2.22. The van der Waals surface area contributed by atoms with Gasteiger partial charge in [0, 0.05) is 22.5 Å². The molecular weight excluding hydrogens is 394 g/mol. The van der Waals surface area contributed by atoms with Gasteiger partial charge in [-0.1, -0.05) is 17.7 Å². The van der Waals surface area contributed by atoms with Gasteiger partial charge < -0.3 is 0 Å². The third-order valence-electron chi connectivity index (χ3n) is 3.88. The molecule has 0 radical (unpaired) electrons. The Morgan fingerprint density at radius 1 is 1.46 bits per heavy atom. The van der Waals surface area contributed by atoms with Crippen molar-refractivity contribution in [2.45, 2.75) is 30.4 Å². The van der Waals surface area contributed by atoms with Gasteiger partial charge in [-0.05, 0) is 43.3 Å². The van der Waals surface area contributed by atoms with Gasteiger partial charge in [-0.25, -0.2) is 4.98 Å². The number of benzene rings is 1. The molecule has 134 valence electrons. The van der Waals surface area contributed by atoms with Crippen LogP contribution in [0.4, 0.5) is 5.69 Å². The Bertz CT molecular complexity index is 1100. The minimum atomic E-state index is -0.498. The molecule has 0 aliphatic carbocycles. The van der Waals surface area contributed by atoms with Gasteiger partial charge in [-0.15, -0.1) is 17.9 Å². The number of thiophene rings is 1. The predicted octanol–water partition coefficient (Wildman–Crippen LogP) is 4.97. The van der Waals surface area contributed by atoms with Gasteiger partial charge in [0.15, 0.2) is 5.16 Å². The highest BCUT2D eigenvalue weighted by atomic mass is 35.5. The number of nitro benzene ring substituents is 1. The summed E-state index contributed by atoms with van der Waals surface area (Å²) < 4.78 is 1.48. The second-order valence-corrected chi connectivity index (χ2v) is 8.18. The predicted molar refractivity (Wildman–Crippen MR) is 106 cm³/mol. The number of rotatable bonds is 5. The van der Waals surface area contributed by atoms with Crippen molar-refractivity contribution in [3.8, 4) is 0 Å². The third-order valence-corrected chi connectivity index (χ3v) is 6.28. The summed E-state index contributed by atoms with van der Waals surface area (Å²) in [5, 5.41) is 12.6. The van der Waals surface area contributed by atoms with E-state index in [2.05, 4.69) is 11.6 Å². The average Bonchev–Trinajstić information content (AvgIpc) is 2.87. The molecule has 0 saturated carbocycles. The average molecular weight is 408 g/mol. The fourth-order valence-electron chi connectivity index (χ4n) is 2.49. The van der Waals surface area contributed by atoms with E-state index in [1.54, 1.807) is 18.2 Å². The van der Waals surface area contributed by atoms with Crippen LogP contribution in [-0.4, -0.2) is 14.5 Å². The molecule has 0 N–H and O–H groups in total. The van der Waals surface area contributed by atoms with E-state index in [4.69, 9.17) is 11.6 Å². The minimum absolute atomic E-state index is 0.125. The SMILES string of the molecule is C=CCn1c(Sc2ccc(Cl)cc2[N+](=O)[O-])nc2sc(C)c(C)c2c1=O. The molecule has 2 aromatic heterocycles. The first-order chi connectivity index (χ1) is 12.3. The molecule has 9 heteroatoms. The Balaban J connectivity index is 2.22. The van der Waals surface area contributed by atoms with Crippen molar-refractivity contribution < 1.29 is 4.92 Å². The number of aromatic nitrogens is 2. The molecule has 1 aromatic carbocycles. The topological polar surface area (TPSA) is 78.0 Å². The van der Waals surface area contributed by atoms with E-state index < -0.39 is 4.92 Å². The molecule has 0 bridgehead atoms. The first-order valence-corrected chi connectivity index (χ1v) is 9.57. The molecule has 0 atom stereocenters. The Hall–Kier alpha value is -2.16. The van der Waals surface area contributed by atoms with Gasteiger partial charge in [-0.2, -0.15) is 0 Å². The number of nitrogens with zero attached hydrogens (tertiary/aromatic N) is 3. The second-order valence-electron chi connectivity index (χ2n) is 5.53. The number of fused-ring (bicyclic) bond motifs is 1. The van der Waals surface area contributed by atoms with Crippen LogP contribution in [0.15, 0.2) is 45.7 Å². The van der Waals surface area contributed by atoms with Crippen molar-refractivity contribution in [3.05, 3.63) is 66.8 Å². The van der Waals surface area contributed by atoms with Crippen LogP contribution in [0.1, 0.15) is 10.4 Å². The maximum Gasteiger partial charge on any atom is 0.284 e. The summed E-state index contributed by atoms with van der Waals surface area (Å²) in [4.78, 5) is 30.4. The normalized spacial score (nSPS) is 11.0. The largest absolute Gasteiger partial charge is 0.284 e. The van der Waals surface area contributed by atoms with Crippen molar-refractivity contribution in [2.24, 2.45) is 0 Å². The number of nitro groups is 1. The van der Waals surface area contributed by atoms with Crippen LogP contribution in [0, 0.1) is 24.0 Å². The highest BCUT2D eigenvalue weighted by Crippen LogP contribution is 2.36. The number of allylic oxidation sites excluding steroid dienone is 1. The second kappa shape index (κ2) is 7.22. The summed E-state index contributed by atoms with van der Waals surface area (Å²) in [6.45, 7) is 7.79. The van der Waals surface area contributed by atoms with E-state index in [1.807, 2.05) is 13.8 Å². The zero-order valence-electron chi connectivity index (χ0n) is 14.0. The summed E-state index contributed by atoms with van der Waals surface area (Å²) >= 11 is 8.38. The fraction of sp³-hybridized carbons (Fsp3) is 0.176. The third kappa shape index (κ3) is 3.27. The molecule has 0 aliphatic heterocycles. The van der Waals surface area contributed by atoms with Crippen molar-refractivity contribution >= 4 is 50.6 Å². The lowest BCUT2D eigenvalue weighted by Gasteiger charge is -2.10. The summed E-state index contributed by atoms with van der Waals surface area (Å²) in [6, 6.07) is 4.42. The molecule has 0 saturated heterocycles. The fourth-order valence-corrected chi connectivity index (χ4v) is 4.71. The Kier molecular flexibility index (Phi) is 5.17. The van der Waals surface area contributed by atoms with E-state index in [9.17, 15) is 14.9 Å². The van der Waals surface area contributed by atoms with Gasteiger partial charge in [0.05, 0.1) is 15.2 Å². The first kappa shape index (κ1) is 18.6. The van der Waals surface area contributed by atoms with Crippen LogP contribution in [0.5, 0.6) is 0 Å². The van der Waals surface area contributed by atoms with E-state index in [1.165, 1.54) is 22.0 Å². The Morgan fingerprint density at radius 3 is 2.85 bits per heavy atom. The lowest BCUT2D eigenvalue weighted by atomic mass is 10.2. The quantitative estimate of drug-likeness (QED) is 0.258. The standard InChI is InChI=1S/C17H14ClN3O3S2/c1-4-7-20-16(22)14-9(2)10(3)25-15(14)19-17(20)26-13-6-5-11(18)8-12(13)21(23)24/h4-6,8H,1,7H2,2-3H3. The lowest BCUT2D eigenvalue weighted by molar-refractivity contribution is -0.387. The van der Waals surface area contributed by atoms with E-state index in [-0.39, 0.29) is 22.8 Å². The van der Waals surface area contributed by atoms with Crippen molar-refractivity contribution in [1.82, 2.24) is 9.55 Å². The van der Waals surface area contributed by atoms with Gasteiger partial charge in [0.2, 0.25) is 0 Å². The molecule has 26 heavy (non-hydrogen) atoms. The summed E-state index contributed by atoms with van der Waals surface area (Å²) in [6.07, 6.45) is 1.60. The van der Waals surface area contributed by atoms with Gasteiger partial charge in [0.25, 0.3) is 11.2 Å². The zero-order valence-corrected chi connectivity index (χ0v) is 16.4.